The van der Waals surface area contributed by atoms with E-state index in [0.717, 1.165) is 29.6 Å². The van der Waals surface area contributed by atoms with Crippen molar-refractivity contribution >= 4 is 23.6 Å². The minimum atomic E-state index is 0.840. The monoisotopic (exact) mass is 253 g/mol. The lowest BCUT2D eigenvalue weighted by Gasteiger charge is -2.17. The number of nitrogens with one attached hydrogen (secondary N) is 2. The van der Waals surface area contributed by atoms with Crippen molar-refractivity contribution in [2.24, 2.45) is 12.0 Å². The average Bonchev–Trinajstić information content (AvgIpc) is 2.71. The zero-order valence-electron chi connectivity index (χ0n) is 10.4. The van der Waals surface area contributed by atoms with Crippen LogP contribution in [-0.2, 0) is 7.05 Å². The molecule has 6 heteroatoms. The molecular formula is C11H19N5S. The van der Waals surface area contributed by atoms with E-state index >= 15 is 0 Å². The summed E-state index contributed by atoms with van der Waals surface area (Å²) in [5.74, 6) is 0.840. The second-order valence-corrected chi connectivity index (χ2v) is 4.90. The van der Waals surface area contributed by atoms with Crippen LogP contribution in [0.4, 0.5) is 5.69 Å². The number of hydrogen-bond donors (Lipinski definition) is 2. The van der Waals surface area contributed by atoms with E-state index in [2.05, 4.69) is 27.1 Å². The van der Waals surface area contributed by atoms with Crippen molar-refractivity contribution in [2.75, 3.05) is 11.9 Å². The van der Waals surface area contributed by atoms with E-state index in [4.69, 9.17) is 0 Å². The van der Waals surface area contributed by atoms with E-state index in [-0.39, 0.29) is 0 Å². The first kappa shape index (κ1) is 12.3. The summed E-state index contributed by atoms with van der Waals surface area (Å²) < 4.78 is 5.03. The summed E-state index contributed by atoms with van der Waals surface area (Å²) in [5, 5.41) is 8.53. The smallest absolute Gasteiger partial charge is 0.206 e. The summed E-state index contributed by atoms with van der Waals surface area (Å²) in [4.78, 5) is 4.50. The van der Waals surface area contributed by atoms with Crippen LogP contribution >= 0.6 is 11.9 Å². The van der Waals surface area contributed by atoms with Gasteiger partial charge in [-0.25, -0.2) is 0 Å². The van der Waals surface area contributed by atoms with E-state index in [1.165, 1.54) is 19.3 Å². The van der Waals surface area contributed by atoms with Crippen molar-refractivity contribution in [1.82, 2.24) is 14.5 Å². The van der Waals surface area contributed by atoms with Crippen LogP contribution < -0.4 is 10.0 Å². The van der Waals surface area contributed by atoms with Crippen LogP contribution in [0.25, 0.3) is 0 Å². The summed E-state index contributed by atoms with van der Waals surface area (Å²) in [6.07, 6.45) is 6.81. The predicted octanol–water partition coefficient (Wildman–Crippen LogP) is 2.38. The number of rotatable bonds is 5. The number of hydrogen-bond acceptors (Lipinski definition) is 3. The SMILES string of the molecule is CCCCCCN=C1NSc2c(cnn2C)N1. The lowest BCUT2D eigenvalue weighted by molar-refractivity contribution is 0.674. The van der Waals surface area contributed by atoms with Crippen molar-refractivity contribution in [3.05, 3.63) is 6.20 Å². The molecule has 0 aromatic carbocycles. The van der Waals surface area contributed by atoms with Gasteiger partial charge in [0.15, 0.2) is 0 Å². The van der Waals surface area contributed by atoms with Gasteiger partial charge in [-0.1, -0.05) is 26.2 Å². The molecule has 0 saturated carbocycles. The molecule has 0 spiro atoms. The molecule has 94 valence electrons. The molecule has 1 aliphatic heterocycles. The second kappa shape index (κ2) is 5.95. The minimum Gasteiger partial charge on any atom is -0.322 e. The van der Waals surface area contributed by atoms with Gasteiger partial charge in [-0.15, -0.1) is 0 Å². The maximum absolute atomic E-state index is 4.50. The van der Waals surface area contributed by atoms with E-state index in [1.54, 1.807) is 11.9 Å². The fraction of sp³-hybridized carbons (Fsp3) is 0.636. The van der Waals surface area contributed by atoms with Crippen molar-refractivity contribution < 1.29 is 0 Å². The molecule has 1 aliphatic rings. The lowest BCUT2D eigenvalue weighted by atomic mass is 10.2. The van der Waals surface area contributed by atoms with Gasteiger partial charge in [0.05, 0.1) is 11.9 Å². The van der Waals surface area contributed by atoms with Crippen LogP contribution in [0.2, 0.25) is 0 Å². The van der Waals surface area contributed by atoms with Crippen LogP contribution in [0.1, 0.15) is 32.6 Å². The highest BCUT2D eigenvalue weighted by Gasteiger charge is 2.16. The highest BCUT2D eigenvalue weighted by atomic mass is 32.2. The summed E-state index contributed by atoms with van der Waals surface area (Å²) in [7, 11) is 1.93. The summed E-state index contributed by atoms with van der Waals surface area (Å²) >= 11 is 1.56. The zero-order chi connectivity index (χ0) is 12.1. The van der Waals surface area contributed by atoms with Crippen LogP contribution in [0.5, 0.6) is 0 Å². The van der Waals surface area contributed by atoms with E-state index < -0.39 is 0 Å². The molecule has 5 nitrogen and oxygen atoms in total. The van der Waals surface area contributed by atoms with E-state index in [0.29, 0.717) is 0 Å². The first-order chi connectivity index (χ1) is 8.31. The molecule has 1 aromatic heterocycles. The number of guanidine groups is 1. The topological polar surface area (TPSA) is 54.2 Å². The van der Waals surface area contributed by atoms with Crippen LogP contribution in [0, 0.1) is 0 Å². The van der Waals surface area contributed by atoms with Crippen LogP contribution in [0.3, 0.4) is 0 Å². The molecular weight excluding hydrogens is 234 g/mol. The third kappa shape index (κ3) is 3.15. The van der Waals surface area contributed by atoms with Gasteiger partial charge in [0, 0.05) is 25.5 Å². The van der Waals surface area contributed by atoms with E-state index in [9.17, 15) is 0 Å². The quantitative estimate of drug-likeness (QED) is 0.625. The average molecular weight is 253 g/mol. The molecule has 2 N–H and O–H groups in total. The molecule has 0 aliphatic carbocycles. The third-order valence-corrected chi connectivity index (χ3v) is 3.64. The fourth-order valence-electron chi connectivity index (χ4n) is 1.68. The van der Waals surface area contributed by atoms with E-state index in [1.807, 2.05) is 17.9 Å². The second-order valence-electron chi connectivity index (χ2n) is 4.11. The van der Waals surface area contributed by atoms with Crippen LogP contribution in [-0.4, -0.2) is 22.3 Å². The third-order valence-electron chi connectivity index (χ3n) is 2.66. The summed E-state index contributed by atoms with van der Waals surface area (Å²) in [6, 6.07) is 0. The normalized spacial score (nSPS) is 16.5. The Labute approximate surface area is 106 Å². The maximum Gasteiger partial charge on any atom is 0.206 e. The molecule has 2 heterocycles. The van der Waals surface area contributed by atoms with Gasteiger partial charge in [0.25, 0.3) is 0 Å². The Morgan fingerprint density at radius 2 is 2.29 bits per heavy atom. The van der Waals surface area contributed by atoms with Crippen molar-refractivity contribution in [3.63, 3.8) is 0 Å². The van der Waals surface area contributed by atoms with Crippen molar-refractivity contribution in [3.8, 4) is 0 Å². The lowest BCUT2D eigenvalue weighted by Crippen LogP contribution is -2.29. The van der Waals surface area contributed by atoms with Crippen molar-refractivity contribution in [2.45, 2.75) is 37.6 Å². The summed E-state index contributed by atoms with van der Waals surface area (Å²) in [6.45, 7) is 3.10. The van der Waals surface area contributed by atoms with Crippen molar-refractivity contribution in [1.29, 1.82) is 0 Å². The molecule has 0 saturated heterocycles. The highest BCUT2D eigenvalue weighted by Crippen LogP contribution is 2.27. The number of anilines is 1. The Balaban J connectivity index is 1.83. The molecule has 0 amide bonds. The Morgan fingerprint density at radius 3 is 3.12 bits per heavy atom. The highest BCUT2D eigenvalue weighted by molar-refractivity contribution is 7.98. The Bertz CT molecular complexity index is 399. The van der Waals surface area contributed by atoms with Gasteiger partial charge < -0.3 is 5.32 Å². The number of aryl methyl sites for hydroxylation is 1. The predicted molar refractivity (Wildman–Crippen MR) is 72.3 cm³/mol. The number of aliphatic imine (C=N–C) groups is 1. The molecule has 0 fully saturated rings. The number of aromatic nitrogens is 2. The molecule has 0 atom stereocenters. The van der Waals surface area contributed by atoms with Gasteiger partial charge in [-0.2, -0.15) is 5.10 Å². The number of fused-ring (bicyclic) bond motifs is 1. The largest absolute Gasteiger partial charge is 0.322 e. The maximum atomic E-state index is 4.50. The van der Waals surface area contributed by atoms with Gasteiger partial charge >= 0.3 is 0 Å². The number of unbranched alkanes of at least 4 members (excludes halogenated alkanes) is 3. The molecule has 0 radical (unpaired) electrons. The minimum absolute atomic E-state index is 0.840. The van der Waals surface area contributed by atoms with Gasteiger partial charge in [-0.05, 0) is 6.42 Å². The molecule has 0 bridgehead atoms. The Hall–Kier alpha value is -1.17. The number of nitrogens with zero attached hydrogens (tertiary/aromatic N) is 3. The zero-order valence-corrected chi connectivity index (χ0v) is 11.2. The Kier molecular flexibility index (Phi) is 4.30. The molecule has 17 heavy (non-hydrogen) atoms. The molecule has 0 unspecified atom stereocenters. The van der Waals surface area contributed by atoms with Crippen LogP contribution in [0.15, 0.2) is 16.2 Å². The first-order valence-corrected chi connectivity index (χ1v) is 6.89. The summed E-state index contributed by atoms with van der Waals surface area (Å²) in [5.41, 5.74) is 1.03. The van der Waals surface area contributed by atoms with Gasteiger partial charge in [-0.3, -0.25) is 14.4 Å². The first-order valence-electron chi connectivity index (χ1n) is 6.07. The fourth-order valence-corrected chi connectivity index (χ4v) is 2.39. The molecule has 2 rings (SSSR count). The molecule has 1 aromatic rings. The van der Waals surface area contributed by atoms with Gasteiger partial charge in [0.2, 0.25) is 5.96 Å². The van der Waals surface area contributed by atoms with Gasteiger partial charge in [0.1, 0.15) is 5.03 Å². The standard InChI is InChI=1S/C11H19N5S/c1-3-4-5-6-7-12-11-14-9-8-13-16(2)10(9)17-15-11/h8H,3-7H2,1-2H3,(H2,12,14,15). The Morgan fingerprint density at radius 1 is 1.41 bits per heavy atom.